The highest BCUT2D eigenvalue weighted by Crippen LogP contribution is 2.34. The van der Waals surface area contributed by atoms with Gasteiger partial charge in [0.05, 0.1) is 11.1 Å². The van der Waals surface area contributed by atoms with E-state index in [9.17, 15) is 26.3 Å². The van der Waals surface area contributed by atoms with E-state index < -0.39 is 23.5 Å². The van der Waals surface area contributed by atoms with Crippen LogP contribution in [0.4, 0.5) is 26.3 Å². The van der Waals surface area contributed by atoms with Gasteiger partial charge in [0.1, 0.15) is 0 Å². The van der Waals surface area contributed by atoms with Crippen LogP contribution in [0.25, 0.3) is 0 Å². The molecule has 0 aromatic heterocycles. The van der Waals surface area contributed by atoms with Crippen LogP contribution >= 0.6 is 9.24 Å². The van der Waals surface area contributed by atoms with E-state index >= 15 is 0 Å². The summed E-state index contributed by atoms with van der Waals surface area (Å²) < 4.78 is 73.0. The Morgan fingerprint density at radius 1 is 0.750 bits per heavy atom. The third kappa shape index (κ3) is 3.64. The summed E-state index contributed by atoms with van der Waals surface area (Å²) in [6.07, 6.45) is -9.54. The van der Waals surface area contributed by atoms with Gasteiger partial charge in [0.15, 0.2) is 0 Å². The maximum atomic E-state index is 12.2. The Kier molecular flexibility index (Phi) is 4.36. The first-order chi connectivity index (χ1) is 6.60. The van der Waals surface area contributed by atoms with Crippen molar-refractivity contribution in [3.63, 3.8) is 0 Å². The largest absolute Gasteiger partial charge is 0.416 e. The molecule has 0 amide bonds. The summed E-state index contributed by atoms with van der Waals surface area (Å²) in [5, 5.41) is -0.155. The highest BCUT2D eigenvalue weighted by molar-refractivity contribution is 7.27. The summed E-state index contributed by atoms with van der Waals surface area (Å²) in [5.41, 5.74) is -2.61. The molecule has 1 rings (SSSR count). The van der Waals surface area contributed by atoms with Gasteiger partial charge < -0.3 is 5.48 Å². The third-order valence-corrected chi connectivity index (χ3v) is 1.94. The minimum absolute atomic E-state index is 0. The number of rotatable bonds is 0. The van der Waals surface area contributed by atoms with Gasteiger partial charge >= 0.3 is 12.4 Å². The lowest BCUT2D eigenvalue weighted by molar-refractivity contribution is -0.142. The Hall–Kier alpha value is -0.810. The van der Waals surface area contributed by atoms with E-state index in [2.05, 4.69) is 0 Å². The number of benzene rings is 1. The van der Waals surface area contributed by atoms with Gasteiger partial charge in [0, 0.05) is 0 Å². The molecule has 1 unspecified atom stereocenters. The Labute approximate surface area is 89.0 Å². The van der Waals surface area contributed by atoms with E-state index in [0.29, 0.717) is 12.1 Å². The maximum absolute atomic E-state index is 12.2. The third-order valence-electron chi connectivity index (χ3n) is 1.61. The maximum Gasteiger partial charge on any atom is 0.416 e. The number of hydrogen-bond acceptors (Lipinski definition) is 0. The molecule has 0 fully saturated rings. The van der Waals surface area contributed by atoms with Crippen molar-refractivity contribution in [3.05, 3.63) is 29.3 Å². The normalized spacial score (nSPS) is 12.2. The van der Waals surface area contributed by atoms with Crippen molar-refractivity contribution in [2.45, 2.75) is 12.4 Å². The van der Waals surface area contributed by atoms with E-state index in [1.54, 1.807) is 0 Å². The average molecular weight is 264 g/mol. The summed E-state index contributed by atoms with van der Waals surface area (Å²) in [5.74, 6) is 0. The molecule has 0 aliphatic heterocycles. The molecule has 1 aromatic carbocycles. The fourth-order valence-corrected chi connectivity index (χ4v) is 1.34. The first-order valence-corrected chi connectivity index (χ1v) is 4.23. The predicted molar refractivity (Wildman–Crippen MR) is 49.4 cm³/mol. The van der Waals surface area contributed by atoms with Gasteiger partial charge in [-0.2, -0.15) is 26.3 Å². The highest BCUT2D eigenvalue weighted by atomic mass is 31.0. The highest BCUT2D eigenvalue weighted by Gasteiger charge is 2.36. The smallest absolute Gasteiger partial charge is 0.412 e. The summed E-state index contributed by atoms with van der Waals surface area (Å²) >= 11 is 0. The van der Waals surface area contributed by atoms with Crippen LogP contribution in [0.15, 0.2) is 18.2 Å². The second-order valence-electron chi connectivity index (χ2n) is 2.84. The van der Waals surface area contributed by atoms with Crippen molar-refractivity contribution in [2.75, 3.05) is 0 Å². The van der Waals surface area contributed by atoms with Crippen molar-refractivity contribution >= 4 is 14.5 Å². The zero-order valence-corrected chi connectivity index (χ0v) is 8.73. The molecule has 0 aliphatic carbocycles. The molecule has 0 radical (unpaired) electrons. The van der Waals surface area contributed by atoms with Crippen LogP contribution < -0.4 is 5.30 Å². The summed E-state index contributed by atoms with van der Waals surface area (Å²) in [6, 6.07) is 1.37. The fourth-order valence-electron chi connectivity index (χ4n) is 0.979. The first-order valence-electron chi connectivity index (χ1n) is 3.65. The van der Waals surface area contributed by atoms with Crippen LogP contribution in [0, 0.1) is 0 Å². The lowest BCUT2D eigenvalue weighted by atomic mass is 10.1. The standard InChI is InChI=1S/C8H5F6P.H2O/c9-7(10,11)4-1-5(8(12,13)14)3-6(15)2-4;/h1-3H,15H2;1H2. The van der Waals surface area contributed by atoms with E-state index in [-0.39, 0.29) is 16.8 Å². The monoisotopic (exact) mass is 264 g/mol. The molecule has 8 heteroatoms. The van der Waals surface area contributed by atoms with Crippen LogP contribution in [0.5, 0.6) is 0 Å². The molecule has 0 saturated carbocycles. The second kappa shape index (κ2) is 4.59. The Bertz CT molecular complexity index is 338. The summed E-state index contributed by atoms with van der Waals surface area (Å²) in [7, 11) is 1.81. The molecule has 1 aromatic rings. The molecule has 0 saturated heterocycles. The molecule has 92 valence electrons. The van der Waals surface area contributed by atoms with E-state index in [1.807, 2.05) is 9.24 Å². The molecule has 0 spiro atoms. The van der Waals surface area contributed by atoms with E-state index in [4.69, 9.17) is 0 Å². The molecule has 0 aliphatic rings. The zero-order chi connectivity index (χ0) is 11.9. The average Bonchev–Trinajstić information content (AvgIpc) is 1.99. The first kappa shape index (κ1) is 15.2. The Morgan fingerprint density at radius 3 is 1.31 bits per heavy atom. The van der Waals surface area contributed by atoms with Crippen LogP contribution in [-0.4, -0.2) is 5.48 Å². The van der Waals surface area contributed by atoms with Crippen molar-refractivity contribution in [1.29, 1.82) is 0 Å². The lowest BCUT2D eigenvalue weighted by Crippen LogP contribution is -2.14. The molecule has 16 heavy (non-hydrogen) atoms. The van der Waals surface area contributed by atoms with Crippen LogP contribution in [0.3, 0.4) is 0 Å². The van der Waals surface area contributed by atoms with Crippen LogP contribution in [0.2, 0.25) is 0 Å². The molecular formula is C8H7F6OP. The van der Waals surface area contributed by atoms with Crippen molar-refractivity contribution in [3.8, 4) is 0 Å². The second-order valence-corrected chi connectivity index (χ2v) is 3.51. The summed E-state index contributed by atoms with van der Waals surface area (Å²) in [6.45, 7) is 0. The molecule has 2 N–H and O–H groups in total. The minimum Gasteiger partial charge on any atom is -0.412 e. The van der Waals surface area contributed by atoms with Gasteiger partial charge in [-0.15, -0.1) is 9.24 Å². The van der Waals surface area contributed by atoms with Crippen LogP contribution in [0.1, 0.15) is 11.1 Å². The molecule has 0 heterocycles. The Morgan fingerprint density at radius 2 is 1.06 bits per heavy atom. The van der Waals surface area contributed by atoms with Crippen molar-refractivity contribution < 1.29 is 31.8 Å². The van der Waals surface area contributed by atoms with Gasteiger partial charge in [-0.1, -0.05) is 0 Å². The number of halogens is 6. The van der Waals surface area contributed by atoms with Gasteiger partial charge in [0.25, 0.3) is 0 Å². The van der Waals surface area contributed by atoms with Crippen molar-refractivity contribution in [1.82, 2.24) is 0 Å². The van der Waals surface area contributed by atoms with Gasteiger partial charge in [-0.3, -0.25) is 0 Å². The van der Waals surface area contributed by atoms with Gasteiger partial charge in [0.2, 0.25) is 0 Å². The van der Waals surface area contributed by atoms with E-state index in [0.717, 1.165) is 0 Å². The fraction of sp³-hybridized carbons (Fsp3) is 0.250. The number of hydrogen-bond donors (Lipinski definition) is 0. The summed E-state index contributed by atoms with van der Waals surface area (Å²) in [4.78, 5) is 0. The van der Waals surface area contributed by atoms with Gasteiger partial charge in [-0.05, 0) is 23.5 Å². The molecule has 1 nitrogen and oxygen atoms in total. The quantitative estimate of drug-likeness (QED) is 0.509. The van der Waals surface area contributed by atoms with Gasteiger partial charge in [-0.25, -0.2) is 0 Å². The topological polar surface area (TPSA) is 31.5 Å². The molecule has 0 bridgehead atoms. The lowest BCUT2D eigenvalue weighted by Gasteiger charge is -2.12. The minimum atomic E-state index is -4.77. The zero-order valence-electron chi connectivity index (χ0n) is 7.58. The van der Waals surface area contributed by atoms with E-state index in [1.165, 1.54) is 0 Å². The van der Waals surface area contributed by atoms with Crippen molar-refractivity contribution in [2.24, 2.45) is 0 Å². The molecular weight excluding hydrogens is 257 g/mol. The van der Waals surface area contributed by atoms with Crippen LogP contribution in [-0.2, 0) is 12.4 Å². The molecule has 1 atom stereocenters. The number of alkyl halides is 6. The Balaban J connectivity index is 0.00000225. The predicted octanol–water partition coefficient (Wildman–Crippen LogP) is 2.40. The SMILES string of the molecule is FC(F)(F)c1cc(P)cc(C(F)(F)F)c1.O.